The summed E-state index contributed by atoms with van der Waals surface area (Å²) in [5.74, 6) is 0.472. The molecule has 1 fully saturated rings. The van der Waals surface area contributed by atoms with Crippen molar-refractivity contribution < 1.29 is 4.79 Å². The highest BCUT2D eigenvalue weighted by molar-refractivity contribution is 9.10. The Bertz CT molecular complexity index is 713. The van der Waals surface area contributed by atoms with E-state index in [1.165, 1.54) is 19.2 Å². The fourth-order valence-electron chi connectivity index (χ4n) is 2.70. The van der Waals surface area contributed by atoms with Crippen LogP contribution in [0.3, 0.4) is 0 Å². The number of carbonyl (C=O) groups excluding carboxylic acids is 1. The van der Waals surface area contributed by atoms with Gasteiger partial charge >= 0.3 is 0 Å². The lowest BCUT2D eigenvalue weighted by Crippen LogP contribution is -2.33. The summed E-state index contributed by atoms with van der Waals surface area (Å²) in [7, 11) is 0. The Morgan fingerprint density at radius 2 is 2.00 bits per heavy atom. The van der Waals surface area contributed by atoms with Crippen molar-refractivity contribution in [1.82, 2.24) is 15.3 Å². The van der Waals surface area contributed by atoms with Crippen molar-refractivity contribution in [1.29, 1.82) is 0 Å². The van der Waals surface area contributed by atoms with Gasteiger partial charge in [-0.25, -0.2) is 9.97 Å². The minimum atomic E-state index is -0.132. The third-order valence-corrected chi connectivity index (χ3v) is 4.89. The molecule has 23 heavy (non-hydrogen) atoms. The number of aryl methyl sites for hydroxylation is 1. The van der Waals surface area contributed by atoms with E-state index in [0.29, 0.717) is 11.5 Å². The summed E-state index contributed by atoms with van der Waals surface area (Å²) in [6.07, 6.45) is 5.89. The molecule has 120 valence electrons. The predicted octanol–water partition coefficient (Wildman–Crippen LogP) is 3.96. The molecule has 3 rings (SSSR count). The molecular weight excluding hydrogens is 356 g/mol. The molecule has 0 aliphatic heterocycles. The van der Waals surface area contributed by atoms with Crippen molar-refractivity contribution >= 4 is 33.3 Å². The molecule has 0 radical (unpaired) electrons. The fourth-order valence-corrected chi connectivity index (χ4v) is 3.08. The number of nitrogens with one attached hydrogen (secondary N) is 2. The van der Waals surface area contributed by atoms with Gasteiger partial charge in [0.05, 0.1) is 0 Å². The quantitative estimate of drug-likeness (QED) is 0.849. The molecule has 1 aliphatic rings. The number of carbonyl (C=O) groups is 1. The number of halogens is 1. The number of nitrogens with zero attached hydrogens (tertiary/aromatic N) is 2. The number of aromatic nitrogens is 2. The maximum Gasteiger partial charge on any atom is 0.270 e. The van der Waals surface area contributed by atoms with E-state index in [0.717, 1.165) is 28.6 Å². The second-order valence-electron chi connectivity index (χ2n) is 5.83. The van der Waals surface area contributed by atoms with Crippen molar-refractivity contribution in [3.05, 3.63) is 46.3 Å². The molecule has 1 heterocycles. The topological polar surface area (TPSA) is 66.9 Å². The van der Waals surface area contributed by atoms with Gasteiger partial charge in [-0.3, -0.25) is 4.79 Å². The summed E-state index contributed by atoms with van der Waals surface area (Å²) in [5, 5.41) is 6.24. The highest BCUT2D eigenvalue weighted by atomic mass is 79.9. The van der Waals surface area contributed by atoms with Crippen LogP contribution < -0.4 is 10.6 Å². The van der Waals surface area contributed by atoms with Crippen LogP contribution in [0.25, 0.3) is 0 Å². The van der Waals surface area contributed by atoms with E-state index in [1.54, 1.807) is 6.07 Å². The van der Waals surface area contributed by atoms with Gasteiger partial charge in [-0.1, -0.05) is 34.8 Å². The average molecular weight is 375 g/mol. The van der Waals surface area contributed by atoms with Crippen LogP contribution in [0.15, 0.2) is 35.1 Å². The van der Waals surface area contributed by atoms with E-state index in [1.807, 2.05) is 25.1 Å². The zero-order valence-corrected chi connectivity index (χ0v) is 14.6. The number of hydrogen-bond donors (Lipinski definition) is 2. The molecule has 1 aliphatic carbocycles. The standard InChI is InChI=1S/C17H19BrN4O/c1-11-6-7-13(8-14(11)18)21-16-9-15(19-10-20-16)17(23)22-12-4-2-3-5-12/h6-10,12H,2-5H2,1H3,(H,22,23)(H,19,20,21). The van der Waals surface area contributed by atoms with E-state index in [2.05, 4.69) is 36.5 Å². The highest BCUT2D eigenvalue weighted by Crippen LogP contribution is 2.23. The van der Waals surface area contributed by atoms with Crippen molar-refractivity contribution in [2.45, 2.75) is 38.6 Å². The molecule has 1 aromatic heterocycles. The van der Waals surface area contributed by atoms with E-state index in [-0.39, 0.29) is 11.9 Å². The SMILES string of the molecule is Cc1ccc(Nc2cc(C(=O)NC3CCCC3)ncn2)cc1Br. The van der Waals surface area contributed by atoms with Gasteiger partial charge in [0.25, 0.3) is 5.91 Å². The average Bonchev–Trinajstić information content (AvgIpc) is 3.04. The van der Waals surface area contributed by atoms with Crippen molar-refractivity contribution in [3.63, 3.8) is 0 Å². The van der Waals surface area contributed by atoms with Crippen LogP contribution in [-0.2, 0) is 0 Å². The molecule has 2 N–H and O–H groups in total. The minimum Gasteiger partial charge on any atom is -0.348 e. The first-order valence-electron chi connectivity index (χ1n) is 7.78. The molecule has 0 spiro atoms. The van der Waals surface area contributed by atoms with Crippen LogP contribution in [0.5, 0.6) is 0 Å². The molecule has 1 amide bonds. The van der Waals surface area contributed by atoms with Gasteiger partial charge in [-0.2, -0.15) is 0 Å². The Kier molecular flexibility index (Phi) is 4.91. The zero-order chi connectivity index (χ0) is 16.2. The Hall–Kier alpha value is -1.95. The van der Waals surface area contributed by atoms with Gasteiger partial charge < -0.3 is 10.6 Å². The van der Waals surface area contributed by atoms with Crippen LogP contribution in [0.4, 0.5) is 11.5 Å². The van der Waals surface area contributed by atoms with E-state index >= 15 is 0 Å². The summed E-state index contributed by atoms with van der Waals surface area (Å²) in [5.41, 5.74) is 2.46. The van der Waals surface area contributed by atoms with Crippen LogP contribution >= 0.6 is 15.9 Å². The van der Waals surface area contributed by atoms with Crippen molar-refractivity contribution in [2.24, 2.45) is 0 Å². The lowest BCUT2D eigenvalue weighted by molar-refractivity contribution is 0.0932. The summed E-state index contributed by atoms with van der Waals surface area (Å²) >= 11 is 3.51. The Morgan fingerprint density at radius 3 is 2.74 bits per heavy atom. The van der Waals surface area contributed by atoms with Crippen LogP contribution in [-0.4, -0.2) is 21.9 Å². The highest BCUT2D eigenvalue weighted by Gasteiger charge is 2.18. The first-order chi connectivity index (χ1) is 11.1. The van der Waals surface area contributed by atoms with E-state index < -0.39 is 0 Å². The third kappa shape index (κ3) is 4.07. The second kappa shape index (κ2) is 7.08. The van der Waals surface area contributed by atoms with Gasteiger partial charge in [0.2, 0.25) is 0 Å². The molecule has 0 unspecified atom stereocenters. The van der Waals surface area contributed by atoms with Gasteiger partial charge in [0, 0.05) is 22.3 Å². The van der Waals surface area contributed by atoms with E-state index in [4.69, 9.17) is 0 Å². The summed E-state index contributed by atoms with van der Waals surface area (Å²) in [4.78, 5) is 20.5. The van der Waals surface area contributed by atoms with E-state index in [9.17, 15) is 4.79 Å². The lowest BCUT2D eigenvalue weighted by atomic mass is 10.2. The number of benzene rings is 1. The van der Waals surface area contributed by atoms with Crippen molar-refractivity contribution in [3.8, 4) is 0 Å². The molecule has 0 atom stereocenters. The number of rotatable bonds is 4. The monoisotopic (exact) mass is 374 g/mol. The molecular formula is C17H19BrN4O. The van der Waals surface area contributed by atoms with Crippen LogP contribution in [0.1, 0.15) is 41.7 Å². The van der Waals surface area contributed by atoms with Gasteiger partial charge in [0.1, 0.15) is 17.8 Å². The number of anilines is 2. The Balaban J connectivity index is 1.71. The molecule has 1 saturated carbocycles. The maximum absolute atomic E-state index is 12.3. The summed E-state index contributed by atoms with van der Waals surface area (Å²) in [6.45, 7) is 2.03. The molecule has 0 bridgehead atoms. The Labute approximate surface area is 144 Å². The lowest BCUT2D eigenvalue weighted by Gasteiger charge is -2.12. The van der Waals surface area contributed by atoms with Gasteiger partial charge in [-0.15, -0.1) is 0 Å². The van der Waals surface area contributed by atoms with Crippen LogP contribution in [0.2, 0.25) is 0 Å². The fraction of sp³-hybridized carbons (Fsp3) is 0.353. The molecule has 1 aromatic carbocycles. The third-order valence-electron chi connectivity index (χ3n) is 4.03. The van der Waals surface area contributed by atoms with Gasteiger partial charge in [0.15, 0.2) is 0 Å². The smallest absolute Gasteiger partial charge is 0.270 e. The van der Waals surface area contributed by atoms with Crippen molar-refractivity contribution in [2.75, 3.05) is 5.32 Å². The van der Waals surface area contributed by atoms with Crippen LogP contribution in [0, 0.1) is 6.92 Å². The number of amides is 1. The second-order valence-corrected chi connectivity index (χ2v) is 6.69. The maximum atomic E-state index is 12.3. The normalized spacial score (nSPS) is 14.7. The summed E-state index contributed by atoms with van der Waals surface area (Å²) < 4.78 is 1.02. The molecule has 0 saturated heterocycles. The molecule has 2 aromatic rings. The predicted molar refractivity (Wildman–Crippen MR) is 93.9 cm³/mol. The first-order valence-corrected chi connectivity index (χ1v) is 8.57. The molecule has 5 nitrogen and oxygen atoms in total. The molecule has 6 heteroatoms. The first kappa shape index (κ1) is 15.9. The Morgan fingerprint density at radius 1 is 1.22 bits per heavy atom. The van der Waals surface area contributed by atoms with Gasteiger partial charge in [-0.05, 0) is 37.5 Å². The summed E-state index contributed by atoms with van der Waals surface area (Å²) in [6, 6.07) is 7.93. The zero-order valence-electron chi connectivity index (χ0n) is 13.0. The largest absolute Gasteiger partial charge is 0.348 e. The number of hydrogen-bond acceptors (Lipinski definition) is 4. The minimum absolute atomic E-state index is 0.132.